The average molecular weight is 396 g/mol. The molecule has 4 aromatic rings. The fourth-order valence-electron chi connectivity index (χ4n) is 3.56. The van der Waals surface area contributed by atoms with Crippen LogP contribution in [0.5, 0.6) is 0 Å². The van der Waals surface area contributed by atoms with Gasteiger partial charge in [0.25, 0.3) is 5.91 Å². The second kappa shape index (κ2) is 6.86. The Labute approximate surface area is 164 Å². The first-order valence-corrected chi connectivity index (χ1v) is 10.7. The third-order valence-corrected chi connectivity index (χ3v) is 6.48. The number of pyridine rings is 1. The number of carbonyl (C=O) groups is 1. The molecule has 6 nitrogen and oxygen atoms in total. The van der Waals surface area contributed by atoms with Gasteiger partial charge in [-0.05, 0) is 36.4 Å². The van der Waals surface area contributed by atoms with Crippen LogP contribution in [0.3, 0.4) is 0 Å². The molecule has 1 fully saturated rings. The van der Waals surface area contributed by atoms with E-state index in [1.807, 2.05) is 50.5 Å². The fraction of sp³-hybridized carbons (Fsp3) is 0.263. The van der Waals surface area contributed by atoms with Gasteiger partial charge in [-0.25, -0.2) is 4.98 Å². The molecule has 0 saturated carbocycles. The summed E-state index contributed by atoms with van der Waals surface area (Å²) in [7, 11) is 0. The van der Waals surface area contributed by atoms with Crippen molar-refractivity contribution in [2.75, 3.05) is 13.1 Å². The zero-order valence-corrected chi connectivity index (χ0v) is 16.1. The summed E-state index contributed by atoms with van der Waals surface area (Å²) in [6, 6.07) is 7.92. The smallest absolute Gasteiger partial charge is 0.273 e. The number of likely N-dealkylation sites (tertiary alicyclic amines) is 1. The molecule has 5 heterocycles. The highest BCUT2D eigenvalue weighted by Gasteiger charge is 2.29. The van der Waals surface area contributed by atoms with Crippen molar-refractivity contribution >= 4 is 34.2 Å². The van der Waals surface area contributed by atoms with Crippen molar-refractivity contribution in [2.24, 2.45) is 0 Å². The van der Waals surface area contributed by atoms with Gasteiger partial charge >= 0.3 is 0 Å². The molecule has 0 N–H and O–H groups in total. The van der Waals surface area contributed by atoms with Crippen molar-refractivity contribution in [3.63, 3.8) is 0 Å². The van der Waals surface area contributed by atoms with E-state index in [2.05, 4.69) is 20.6 Å². The summed E-state index contributed by atoms with van der Waals surface area (Å²) < 4.78 is 2.02. The molecule has 0 radical (unpaired) electrons. The summed E-state index contributed by atoms with van der Waals surface area (Å²) in [6.07, 6.45) is 3.95. The van der Waals surface area contributed by atoms with Gasteiger partial charge in [-0.15, -0.1) is 21.5 Å². The number of thiazole rings is 1. The summed E-state index contributed by atoms with van der Waals surface area (Å²) in [5.41, 5.74) is 2.46. The third-order valence-electron chi connectivity index (χ3n) is 4.91. The number of thiophene rings is 1. The van der Waals surface area contributed by atoms with Crippen LogP contribution in [0.25, 0.3) is 16.2 Å². The normalized spacial score (nSPS) is 17.5. The number of amides is 1. The van der Waals surface area contributed by atoms with E-state index in [0.717, 1.165) is 41.4 Å². The Kier molecular flexibility index (Phi) is 4.21. The van der Waals surface area contributed by atoms with E-state index in [0.29, 0.717) is 12.2 Å². The molecule has 0 aliphatic carbocycles. The summed E-state index contributed by atoms with van der Waals surface area (Å²) in [4.78, 5) is 19.5. The van der Waals surface area contributed by atoms with Crippen LogP contribution in [0.1, 0.15) is 35.1 Å². The number of aromatic nitrogens is 4. The van der Waals surface area contributed by atoms with Crippen molar-refractivity contribution in [2.45, 2.75) is 18.8 Å². The van der Waals surface area contributed by atoms with Gasteiger partial charge in [0.1, 0.15) is 16.5 Å². The lowest BCUT2D eigenvalue weighted by atomic mass is 9.97. The Hall–Kier alpha value is -2.58. The Balaban J connectivity index is 1.37. The Morgan fingerprint density at radius 3 is 3.04 bits per heavy atom. The van der Waals surface area contributed by atoms with Crippen molar-refractivity contribution < 1.29 is 4.79 Å². The molecule has 1 amide bonds. The Morgan fingerprint density at radius 1 is 1.19 bits per heavy atom. The minimum atomic E-state index is 0.00579. The van der Waals surface area contributed by atoms with E-state index >= 15 is 0 Å². The lowest BCUT2D eigenvalue weighted by Crippen LogP contribution is -2.39. The third kappa shape index (κ3) is 3.04. The van der Waals surface area contributed by atoms with Crippen molar-refractivity contribution in [3.8, 4) is 10.6 Å². The van der Waals surface area contributed by atoms with Crippen LogP contribution >= 0.6 is 22.7 Å². The summed E-state index contributed by atoms with van der Waals surface area (Å²) in [5.74, 6) is 1.13. The first kappa shape index (κ1) is 16.6. The minimum absolute atomic E-state index is 0.00579. The first-order valence-electron chi connectivity index (χ1n) is 8.86. The zero-order valence-electron chi connectivity index (χ0n) is 14.5. The van der Waals surface area contributed by atoms with E-state index in [4.69, 9.17) is 0 Å². The van der Waals surface area contributed by atoms with Gasteiger partial charge < -0.3 is 4.90 Å². The molecule has 0 aromatic carbocycles. The number of fused-ring (bicyclic) bond motifs is 1. The Bertz CT molecular complexity index is 1080. The molecule has 1 aliphatic heterocycles. The lowest BCUT2D eigenvalue weighted by Gasteiger charge is -2.31. The molecular formula is C19H17N5OS2. The molecule has 0 spiro atoms. The Morgan fingerprint density at radius 2 is 2.15 bits per heavy atom. The number of carbonyl (C=O) groups excluding carboxylic acids is 1. The molecule has 136 valence electrons. The van der Waals surface area contributed by atoms with E-state index < -0.39 is 0 Å². The number of hydrogen-bond donors (Lipinski definition) is 0. The highest BCUT2D eigenvalue weighted by molar-refractivity contribution is 7.14. The molecule has 27 heavy (non-hydrogen) atoms. The van der Waals surface area contributed by atoms with Crippen LogP contribution in [-0.4, -0.2) is 43.5 Å². The number of rotatable bonds is 3. The molecule has 1 unspecified atom stereocenters. The highest BCUT2D eigenvalue weighted by Crippen LogP contribution is 2.29. The number of piperidine rings is 1. The molecular weight excluding hydrogens is 378 g/mol. The largest absolute Gasteiger partial charge is 0.337 e. The number of hydrogen-bond acceptors (Lipinski definition) is 6. The summed E-state index contributed by atoms with van der Waals surface area (Å²) in [6.45, 7) is 1.41. The van der Waals surface area contributed by atoms with E-state index in [1.54, 1.807) is 11.3 Å². The van der Waals surface area contributed by atoms with Crippen LogP contribution < -0.4 is 0 Å². The zero-order chi connectivity index (χ0) is 18.2. The van der Waals surface area contributed by atoms with Crippen LogP contribution in [0.4, 0.5) is 0 Å². The van der Waals surface area contributed by atoms with Gasteiger partial charge in [0, 0.05) is 41.5 Å². The molecule has 1 atom stereocenters. The van der Waals surface area contributed by atoms with Crippen LogP contribution in [-0.2, 0) is 0 Å². The van der Waals surface area contributed by atoms with E-state index in [-0.39, 0.29) is 11.8 Å². The summed E-state index contributed by atoms with van der Waals surface area (Å²) >= 11 is 3.16. The maximum absolute atomic E-state index is 13.0. The summed E-state index contributed by atoms with van der Waals surface area (Å²) in [5, 5.41) is 15.5. The van der Waals surface area contributed by atoms with Crippen molar-refractivity contribution in [3.05, 3.63) is 58.1 Å². The van der Waals surface area contributed by atoms with Gasteiger partial charge in [-0.1, -0.05) is 6.07 Å². The van der Waals surface area contributed by atoms with Crippen molar-refractivity contribution in [1.29, 1.82) is 0 Å². The average Bonchev–Trinajstić information content (AvgIpc) is 3.47. The van der Waals surface area contributed by atoms with E-state index in [1.165, 1.54) is 11.3 Å². The van der Waals surface area contributed by atoms with Gasteiger partial charge in [-0.3, -0.25) is 9.20 Å². The van der Waals surface area contributed by atoms with Gasteiger partial charge in [0.15, 0.2) is 5.65 Å². The second-order valence-electron chi connectivity index (χ2n) is 6.63. The SMILES string of the molecule is O=C(c1csc(-c2ccsc2)n1)N1CCCC(c2nnc3ccccn23)C1. The predicted octanol–water partition coefficient (Wildman–Crippen LogP) is 3.93. The molecule has 4 aromatic heterocycles. The minimum Gasteiger partial charge on any atom is -0.337 e. The highest BCUT2D eigenvalue weighted by atomic mass is 32.1. The maximum Gasteiger partial charge on any atom is 0.273 e. The molecule has 1 aliphatic rings. The van der Waals surface area contributed by atoms with Crippen LogP contribution in [0.15, 0.2) is 46.6 Å². The lowest BCUT2D eigenvalue weighted by molar-refractivity contribution is 0.0699. The van der Waals surface area contributed by atoms with Crippen LogP contribution in [0.2, 0.25) is 0 Å². The second-order valence-corrected chi connectivity index (χ2v) is 8.27. The predicted molar refractivity (Wildman–Crippen MR) is 106 cm³/mol. The van der Waals surface area contributed by atoms with Gasteiger partial charge in [0.05, 0.1) is 0 Å². The molecule has 1 saturated heterocycles. The van der Waals surface area contributed by atoms with Gasteiger partial charge in [0.2, 0.25) is 0 Å². The topological polar surface area (TPSA) is 63.4 Å². The molecule has 5 rings (SSSR count). The fourth-order valence-corrected chi connectivity index (χ4v) is 5.07. The van der Waals surface area contributed by atoms with Crippen LogP contribution in [0, 0.1) is 0 Å². The first-order chi connectivity index (χ1) is 13.3. The number of nitrogens with zero attached hydrogens (tertiary/aromatic N) is 5. The maximum atomic E-state index is 13.0. The molecule has 8 heteroatoms. The quantitative estimate of drug-likeness (QED) is 0.527. The monoisotopic (exact) mass is 395 g/mol. The van der Waals surface area contributed by atoms with E-state index in [9.17, 15) is 4.79 Å². The van der Waals surface area contributed by atoms with Gasteiger partial charge in [-0.2, -0.15) is 11.3 Å². The van der Waals surface area contributed by atoms with Crippen molar-refractivity contribution in [1.82, 2.24) is 24.5 Å². The standard InChI is InChI=1S/C19H17N5OS2/c25-19(15-12-27-18(20-15)14-6-9-26-11-14)23-7-3-4-13(10-23)17-22-21-16-5-1-2-8-24(16)17/h1-2,5-6,8-9,11-13H,3-4,7,10H2. The molecule has 0 bridgehead atoms.